The first-order valence-electron chi connectivity index (χ1n) is 13.4. The largest absolute Gasteiger partial charge is 0.379 e. The van der Waals surface area contributed by atoms with Gasteiger partial charge in [0.2, 0.25) is 0 Å². The number of H-pyrrole nitrogens is 1. The minimum Gasteiger partial charge on any atom is -0.379 e. The summed E-state index contributed by atoms with van der Waals surface area (Å²) >= 11 is 0. The molecule has 1 saturated heterocycles. The van der Waals surface area contributed by atoms with Crippen molar-refractivity contribution in [2.24, 2.45) is 7.05 Å². The Hall–Kier alpha value is -3.96. The number of aromatic amines is 1. The van der Waals surface area contributed by atoms with Gasteiger partial charge in [0, 0.05) is 62.1 Å². The normalized spacial score (nSPS) is 17.0. The van der Waals surface area contributed by atoms with Crippen LogP contribution in [0.2, 0.25) is 0 Å². The second-order valence-corrected chi connectivity index (χ2v) is 11.0. The van der Waals surface area contributed by atoms with Gasteiger partial charge in [-0.1, -0.05) is 6.08 Å². The Balaban J connectivity index is 1.13. The molecule has 204 valence electrons. The molecule has 4 aromatic rings. The number of anilines is 2. The van der Waals surface area contributed by atoms with Gasteiger partial charge in [0.15, 0.2) is 0 Å². The van der Waals surface area contributed by atoms with Crippen molar-refractivity contribution in [3.63, 3.8) is 0 Å². The maximum atomic E-state index is 13.0. The molecule has 0 spiro atoms. The lowest BCUT2D eigenvalue weighted by atomic mass is 10.0. The van der Waals surface area contributed by atoms with Gasteiger partial charge in [-0.25, -0.2) is 14.8 Å². The third-order valence-corrected chi connectivity index (χ3v) is 7.44. The Morgan fingerprint density at radius 1 is 1.15 bits per heavy atom. The van der Waals surface area contributed by atoms with Crippen molar-refractivity contribution in [1.29, 1.82) is 0 Å². The Morgan fingerprint density at radius 2 is 2.00 bits per heavy atom. The molecule has 2 amide bonds. The van der Waals surface area contributed by atoms with Crippen LogP contribution in [0, 0.1) is 0 Å². The predicted molar refractivity (Wildman–Crippen MR) is 152 cm³/mol. The maximum absolute atomic E-state index is 13.0. The highest BCUT2D eigenvalue weighted by atomic mass is 16.5. The van der Waals surface area contributed by atoms with Gasteiger partial charge >= 0.3 is 6.03 Å². The van der Waals surface area contributed by atoms with Crippen LogP contribution in [0.1, 0.15) is 26.0 Å². The molecule has 0 atom stereocenters. The second kappa shape index (κ2) is 10.3. The van der Waals surface area contributed by atoms with Crippen molar-refractivity contribution in [3.05, 3.63) is 48.6 Å². The van der Waals surface area contributed by atoms with Gasteiger partial charge in [-0.3, -0.25) is 9.58 Å². The van der Waals surface area contributed by atoms with Crippen LogP contribution in [0.3, 0.4) is 0 Å². The van der Waals surface area contributed by atoms with Crippen molar-refractivity contribution in [1.82, 2.24) is 39.8 Å². The van der Waals surface area contributed by atoms with E-state index in [4.69, 9.17) is 4.74 Å². The quantitative estimate of drug-likeness (QED) is 0.350. The Bertz CT molecular complexity index is 1530. The molecule has 5 heterocycles. The van der Waals surface area contributed by atoms with E-state index in [0.717, 1.165) is 78.4 Å². The number of morpholine rings is 1. The van der Waals surface area contributed by atoms with Gasteiger partial charge in [-0.05, 0) is 50.1 Å². The molecule has 11 nitrogen and oxygen atoms in total. The number of ether oxygens (including phenoxy) is 1. The Labute approximate surface area is 227 Å². The van der Waals surface area contributed by atoms with Gasteiger partial charge in [0.05, 0.1) is 30.3 Å². The number of benzene rings is 1. The first-order valence-corrected chi connectivity index (χ1v) is 13.4. The number of nitrogens with zero attached hydrogens (tertiary/aromatic N) is 6. The summed E-state index contributed by atoms with van der Waals surface area (Å²) < 4.78 is 7.30. The highest BCUT2D eigenvalue weighted by Gasteiger charge is 2.28. The van der Waals surface area contributed by atoms with E-state index in [9.17, 15) is 4.79 Å². The number of carbonyl (C=O) groups excluding carboxylic acids is 1. The van der Waals surface area contributed by atoms with E-state index >= 15 is 0 Å². The van der Waals surface area contributed by atoms with Gasteiger partial charge < -0.3 is 25.3 Å². The molecule has 39 heavy (non-hydrogen) atoms. The number of aromatic nitrogens is 5. The van der Waals surface area contributed by atoms with E-state index < -0.39 is 0 Å². The molecule has 2 aliphatic heterocycles. The zero-order valence-corrected chi connectivity index (χ0v) is 22.7. The average molecular weight is 530 g/mol. The van der Waals surface area contributed by atoms with Gasteiger partial charge in [-0.15, -0.1) is 0 Å². The predicted octanol–water partition coefficient (Wildman–Crippen LogP) is 3.50. The van der Waals surface area contributed by atoms with Crippen LogP contribution in [0.15, 0.2) is 42.9 Å². The van der Waals surface area contributed by atoms with Crippen molar-refractivity contribution in [2.45, 2.75) is 25.8 Å². The van der Waals surface area contributed by atoms with Crippen LogP contribution in [0.5, 0.6) is 0 Å². The molecular weight excluding hydrogens is 494 g/mol. The molecule has 0 bridgehead atoms. The molecule has 0 aliphatic carbocycles. The van der Waals surface area contributed by atoms with Gasteiger partial charge in [0.25, 0.3) is 0 Å². The molecule has 1 aromatic carbocycles. The topological polar surface area (TPSA) is 116 Å². The SMILES string of the molecule is Cn1ncc2cc(Nc3ncnc4[nH]c(C5=CCN(C(=O)NC(C)(C)CN6CCOCC6)CC5)cc34)ccc21. The fourth-order valence-electron chi connectivity index (χ4n) is 5.42. The standard InChI is InChI=1S/C28H35N9O2/c1-28(2,17-36-10-12-39-13-11-36)34-27(38)37-8-6-19(7-9-37)23-15-22-25(29-18-30-26(22)33-23)32-21-4-5-24-20(14-21)16-31-35(24)3/h4-6,14-16,18H,7-13,17H2,1-3H3,(H,34,38)(H2,29,30,32,33). The molecule has 0 unspecified atom stereocenters. The summed E-state index contributed by atoms with van der Waals surface area (Å²) in [6.45, 7) is 9.49. The van der Waals surface area contributed by atoms with Crippen LogP contribution in [-0.2, 0) is 11.8 Å². The number of aryl methyl sites for hydroxylation is 1. The first kappa shape index (κ1) is 25.3. The van der Waals surface area contributed by atoms with E-state index in [1.165, 1.54) is 5.57 Å². The molecule has 0 saturated carbocycles. The molecule has 6 rings (SSSR count). The Kier molecular flexibility index (Phi) is 6.69. The van der Waals surface area contributed by atoms with E-state index in [-0.39, 0.29) is 11.6 Å². The van der Waals surface area contributed by atoms with Gasteiger partial charge in [-0.2, -0.15) is 5.10 Å². The number of hydrogen-bond acceptors (Lipinski definition) is 7. The molecule has 1 fully saturated rings. The molecule has 3 N–H and O–H groups in total. The van der Waals surface area contributed by atoms with E-state index in [0.29, 0.717) is 13.1 Å². The van der Waals surface area contributed by atoms with Crippen LogP contribution in [-0.4, -0.2) is 92.0 Å². The number of carbonyl (C=O) groups is 1. The maximum Gasteiger partial charge on any atom is 0.318 e. The van der Waals surface area contributed by atoms with Crippen molar-refractivity contribution in [2.75, 3.05) is 51.3 Å². The molecule has 11 heteroatoms. The van der Waals surface area contributed by atoms with Crippen molar-refractivity contribution in [3.8, 4) is 0 Å². The lowest BCUT2D eigenvalue weighted by molar-refractivity contribution is 0.0276. The smallest absolute Gasteiger partial charge is 0.318 e. The van der Waals surface area contributed by atoms with E-state index in [1.807, 2.05) is 35.0 Å². The number of amides is 2. The van der Waals surface area contributed by atoms with Crippen molar-refractivity contribution >= 4 is 45.0 Å². The highest BCUT2D eigenvalue weighted by Crippen LogP contribution is 2.30. The molecular formula is C28H35N9O2. The van der Waals surface area contributed by atoms with Gasteiger partial charge in [0.1, 0.15) is 17.8 Å². The Morgan fingerprint density at radius 3 is 2.79 bits per heavy atom. The van der Waals surface area contributed by atoms with Crippen LogP contribution < -0.4 is 10.6 Å². The molecule has 0 radical (unpaired) electrons. The summed E-state index contributed by atoms with van der Waals surface area (Å²) in [6.07, 6.45) is 6.31. The number of nitrogens with one attached hydrogen (secondary N) is 3. The third kappa shape index (κ3) is 5.45. The molecule has 2 aliphatic rings. The first-order chi connectivity index (χ1) is 18.8. The molecule has 3 aromatic heterocycles. The average Bonchev–Trinajstić information content (AvgIpc) is 3.53. The van der Waals surface area contributed by atoms with Crippen LogP contribution in [0.25, 0.3) is 27.5 Å². The summed E-state index contributed by atoms with van der Waals surface area (Å²) in [7, 11) is 1.93. The lowest BCUT2D eigenvalue weighted by Crippen LogP contribution is -2.56. The highest BCUT2D eigenvalue weighted by molar-refractivity contribution is 5.93. The second-order valence-electron chi connectivity index (χ2n) is 11.0. The number of fused-ring (bicyclic) bond motifs is 2. The van der Waals surface area contributed by atoms with E-state index in [2.05, 4.69) is 67.6 Å². The lowest BCUT2D eigenvalue weighted by Gasteiger charge is -2.37. The van der Waals surface area contributed by atoms with Crippen molar-refractivity contribution < 1.29 is 9.53 Å². The monoisotopic (exact) mass is 529 g/mol. The third-order valence-electron chi connectivity index (χ3n) is 7.44. The van der Waals surface area contributed by atoms with Crippen LogP contribution in [0.4, 0.5) is 16.3 Å². The summed E-state index contributed by atoms with van der Waals surface area (Å²) in [5.41, 5.74) is 4.64. The fourth-order valence-corrected chi connectivity index (χ4v) is 5.42. The summed E-state index contributed by atoms with van der Waals surface area (Å²) in [5, 5.41) is 13.0. The zero-order valence-electron chi connectivity index (χ0n) is 22.7. The minimum atomic E-state index is -0.320. The fraction of sp³-hybridized carbons (Fsp3) is 0.429. The van der Waals surface area contributed by atoms with Crippen LogP contribution >= 0.6 is 0 Å². The number of urea groups is 1. The minimum absolute atomic E-state index is 0.0249. The number of hydrogen-bond donors (Lipinski definition) is 3. The summed E-state index contributed by atoms with van der Waals surface area (Å²) in [6, 6.07) is 8.20. The summed E-state index contributed by atoms with van der Waals surface area (Å²) in [5.74, 6) is 0.741. The number of rotatable bonds is 6. The summed E-state index contributed by atoms with van der Waals surface area (Å²) in [4.78, 5) is 29.7. The zero-order chi connectivity index (χ0) is 27.0. The van der Waals surface area contributed by atoms with E-state index in [1.54, 1.807) is 6.33 Å².